The fourth-order valence-electron chi connectivity index (χ4n) is 5.63. The Labute approximate surface area is 175 Å². The van der Waals surface area contributed by atoms with Gasteiger partial charge >= 0.3 is 0 Å². The molecular formula is C21H28N4O3S. The maximum Gasteiger partial charge on any atom is 0.276 e. The zero-order valence-corrected chi connectivity index (χ0v) is 17.8. The summed E-state index contributed by atoms with van der Waals surface area (Å²) in [6, 6.07) is 2.16. The molecule has 2 bridgehead atoms. The number of thioether (sulfide) groups is 1. The summed E-state index contributed by atoms with van der Waals surface area (Å²) in [7, 11) is 0. The van der Waals surface area contributed by atoms with E-state index in [9.17, 15) is 9.59 Å². The summed E-state index contributed by atoms with van der Waals surface area (Å²) < 4.78 is 4.50. The molecule has 2 amide bonds. The molecule has 156 valence electrons. The van der Waals surface area contributed by atoms with Crippen molar-refractivity contribution in [3.8, 4) is 0 Å². The van der Waals surface area contributed by atoms with Gasteiger partial charge in [-0.05, 0) is 63.7 Å². The van der Waals surface area contributed by atoms with Crippen LogP contribution in [0.15, 0.2) is 15.6 Å². The lowest BCUT2D eigenvalue weighted by Gasteiger charge is -2.38. The zero-order chi connectivity index (χ0) is 20.2. The second kappa shape index (κ2) is 7.15. The fraction of sp³-hybridized carbons (Fsp3) is 0.714. The molecular weight excluding hydrogens is 388 g/mol. The quantitative estimate of drug-likeness (QED) is 0.815. The van der Waals surface area contributed by atoms with Gasteiger partial charge in [-0.3, -0.25) is 9.59 Å². The van der Waals surface area contributed by atoms with Gasteiger partial charge in [0.25, 0.3) is 11.8 Å². The van der Waals surface area contributed by atoms with Crippen LogP contribution in [0.2, 0.25) is 0 Å². The number of nitrogens with zero attached hydrogens (tertiary/aromatic N) is 3. The molecule has 8 heteroatoms. The Bertz CT molecular complexity index is 860. The average molecular weight is 417 g/mol. The van der Waals surface area contributed by atoms with Crippen molar-refractivity contribution in [1.29, 1.82) is 0 Å². The normalized spacial score (nSPS) is 34.7. The van der Waals surface area contributed by atoms with Crippen molar-refractivity contribution in [3.63, 3.8) is 0 Å². The number of piperidine rings is 1. The van der Waals surface area contributed by atoms with Gasteiger partial charge < -0.3 is 14.7 Å². The van der Waals surface area contributed by atoms with E-state index in [2.05, 4.69) is 15.5 Å². The highest BCUT2D eigenvalue weighted by Crippen LogP contribution is 2.47. The van der Waals surface area contributed by atoms with Gasteiger partial charge in [-0.2, -0.15) is 4.99 Å². The van der Waals surface area contributed by atoms with Gasteiger partial charge in [-0.25, -0.2) is 0 Å². The van der Waals surface area contributed by atoms with Crippen molar-refractivity contribution in [3.05, 3.63) is 17.5 Å². The Morgan fingerprint density at radius 2 is 2.07 bits per heavy atom. The molecule has 3 fully saturated rings. The first-order chi connectivity index (χ1) is 13.9. The standard InChI is InChI=1S/C21H28N4O3S/c1-12-9-17(24-28-12)18(26)25-7-5-15(6-8-25)21(2)19(27)23-20(29-21)22-16-11-13-3-4-14(16)10-13/h9,13-16H,3-8,10-11H2,1-2H3,(H,22,23,27)/t13-,14+,16+,21?/m1/s1. The lowest BCUT2D eigenvalue weighted by atomic mass is 9.84. The molecule has 4 atom stereocenters. The second-order valence-electron chi connectivity index (χ2n) is 9.25. The molecule has 1 aromatic heterocycles. The van der Waals surface area contributed by atoms with Crippen LogP contribution in [0.25, 0.3) is 0 Å². The molecule has 2 saturated carbocycles. The number of rotatable bonds is 3. The van der Waals surface area contributed by atoms with E-state index >= 15 is 0 Å². The van der Waals surface area contributed by atoms with Gasteiger partial charge in [0, 0.05) is 25.2 Å². The number of amidine groups is 1. The lowest BCUT2D eigenvalue weighted by Crippen LogP contribution is -2.46. The topological polar surface area (TPSA) is 87.8 Å². The molecule has 1 N–H and O–H groups in total. The Morgan fingerprint density at radius 1 is 1.28 bits per heavy atom. The van der Waals surface area contributed by atoms with Gasteiger partial charge in [0.15, 0.2) is 10.9 Å². The molecule has 2 aliphatic heterocycles. The maximum atomic E-state index is 12.8. The molecule has 1 saturated heterocycles. The van der Waals surface area contributed by atoms with Crippen molar-refractivity contribution in [1.82, 2.24) is 15.4 Å². The van der Waals surface area contributed by atoms with Crippen LogP contribution >= 0.6 is 11.8 Å². The second-order valence-corrected chi connectivity index (χ2v) is 10.7. The molecule has 0 spiro atoms. The van der Waals surface area contributed by atoms with E-state index in [1.54, 1.807) is 24.8 Å². The minimum atomic E-state index is -0.528. The van der Waals surface area contributed by atoms with Crippen molar-refractivity contribution in [2.24, 2.45) is 22.7 Å². The monoisotopic (exact) mass is 416 g/mol. The lowest BCUT2D eigenvalue weighted by molar-refractivity contribution is -0.121. The molecule has 1 unspecified atom stereocenters. The van der Waals surface area contributed by atoms with Gasteiger partial charge in [0.2, 0.25) is 0 Å². The minimum absolute atomic E-state index is 0.0231. The average Bonchev–Trinajstić information content (AvgIpc) is 3.48. The van der Waals surface area contributed by atoms with Crippen LogP contribution in [-0.4, -0.2) is 50.9 Å². The van der Waals surface area contributed by atoms with Crippen LogP contribution in [0.3, 0.4) is 0 Å². The highest BCUT2D eigenvalue weighted by Gasteiger charge is 2.49. The van der Waals surface area contributed by atoms with E-state index in [0.29, 0.717) is 30.6 Å². The van der Waals surface area contributed by atoms with E-state index in [-0.39, 0.29) is 17.7 Å². The van der Waals surface area contributed by atoms with Crippen LogP contribution < -0.4 is 5.32 Å². The highest BCUT2D eigenvalue weighted by atomic mass is 32.2. The van der Waals surface area contributed by atoms with Gasteiger partial charge in [-0.1, -0.05) is 23.3 Å². The number of carbonyl (C=O) groups is 2. The smallest absolute Gasteiger partial charge is 0.276 e. The molecule has 29 heavy (non-hydrogen) atoms. The summed E-state index contributed by atoms with van der Waals surface area (Å²) in [6.07, 6.45) is 6.83. The van der Waals surface area contributed by atoms with E-state index in [1.807, 2.05) is 11.8 Å². The molecule has 0 radical (unpaired) electrons. The summed E-state index contributed by atoms with van der Waals surface area (Å²) in [5.41, 5.74) is 0.360. The largest absolute Gasteiger partial charge is 0.361 e. The number of amides is 2. The number of carbonyl (C=O) groups excluding carboxylic acids is 2. The van der Waals surface area contributed by atoms with Crippen LogP contribution in [0, 0.1) is 24.7 Å². The third-order valence-corrected chi connectivity index (χ3v) is 8.73. The van der Waals surface area contributed by atoms with E-state index < -0.39 is 4.75 Å². The van der Waals surface area contributed by atoms with Crippen LogP contribution in [-0.2, 0) is 4.79 Å². The van der Waals surface area contributed by atoms with Crippen molar-refractivity contribution < 1.29 is 14.1 Å². The molecule has 5 rings (SSSR count). The zero-order valence-electron chi connectivity index (χ0n) is 17.0. The Kier molecular flexibility index (Phi) is 4.72. The molecule has 1 aromatic rings. The van der Waals surface area contributed by atoms with Crippen LogP contribution in [0.4, 0.5) is 0 Å². The number of aromatic nitrogens is 1. The first-order valence-corrected chi connectivity index (χ1v) is 11.6. The fourth-order valence-corrected chi connectivity index (χ4v) is 6.91. The molecule has 4 aliphatic rings. The summed E-state index contributed by atoms with van der Waals surface area (Å²) in [5, 5.41) is 8.24. The van der Waals surface area contributed by atoms with Crippen LogP contribution in [0.5, 0.6) is 0 Å². The number of likely N-dealkylation sites (tertiary alicyclic amines) is 1. The number of fused-ring (bicyclic) bond motifs is 2. The minimum Gasteiger partial charge on any atom is -0.361 e. The number of hydrogen-bond donors (Lipinski definition) is 1. The number of nitrogens with one attached hydrogen (secondary N) is 1. The molecule has 2 aliphatic carbocycles. The van der Waals surface area contributed by atoms with Crippen molar-refractivity contribution in [2.75, 3.05) is 13.1 Å². The number of aliphatic imine (C=N–C) groups is 1. The summed E-state index contributed by atoms with van der Waals surface area (Å²) in [4.78, 5) is 31.6. The van der Waals surface area contributed by atoms with Gasteiger partial charge in [0.1, 0.15) is 10.5 Å². The summed E-state index contributed by atoms with van der Waals surface area (Å²) in [6.45, 7) is 5.08. The summed E-state index contributed by atoms with van der Waals surface area (Å²) in [5.74, 6) is 2.35. The van der Waals surface area contributed by atoms with Gasteiger partial charge in [0.05, 0.1) is 0 Å². The first-order valence-electron chi connectivity index (χ1n) is 10.7. The van der Waals surface area contributed by atoms with E-state index in [0.717, 1.165) is 29.8 Å². The van der Waals surface area contributed by atoms with Crippen LogP contribution in [0.1, 0.15) is 61.7 Å². The van der Waals surface area contributed by atoms with Gasteiger partial charge in [-0.15, -0.1) is 0 Å². The maximum absolute atomic E-state index is 12.8. The molecule has 7 nitrogen and oxygen atoms in total. The van der Waals surface area contributed by atoms with E-state index in [4.69, 9.17) is 4.52 Å². The predicted molar refractivity (Wildman–Crippen MR) is 111 cm³/mol. The predicted octanol–water partition coefficient (Wildman–Crippen LogP) is 3.00. The van der Waals surface area contributed by atoms with Crippen molar-refractivity contribution in [2.45, 2.75) is 63.2 Å². The first kappa shape index (κ1) is 19.2. The highest BCUT2D eigenvalue weighted by molar-refractivity contribution is 8.16. The Morgan fingerprint density at radius 3 is 2.69 bits per heavy atom. The summed E-state index contributed by atoms with van der Waals surface area (Å²) >= 11 is 1.61. The SMILES string of the molecule is Cc1cc(C(=O)N2CCC(C3(C)SC(N[C@H]4C[C@@H]5CC[C@H]4C5)=NC3=O)CC2)no1. The number of aryl methyl sites for hydroxylation is 1. The third-order valence-electron chi connectivity index (χ3n) is 7.39. The van der Waals surface area contributed by atoms with E-state index in [1.165, 1.54) is 25.7 Å². The molecule has 3 heterocycles. The Hall–Kier alpha value is -1.83. The number of hydrogen-bond acceptors (Lipinski definition) is 6. The molecule has 0 aromatic carbocycles. The van der Waals surface area contributed by atoms with Crippen molar-refractivity contribution >= 4 is 28.7 Å². The Balaban J connectivity index is 1.18. The third kappa shape index (κ3) is 3.39.